The Bertz CT molecular complexity index is 1520. The van der Waals surface area contributed by atoms with Crippen LogP contribution in [0.15, 0.2) is 33.5 Å². The Hall–Kier alpha value is -2.41. The van der Waals surface area contributed by atoms with E-state index in [9.17, 15) is 18.0 Å². The van der Waals surface area contributed by atoms with Gasteiger partial charge in [-0.2, -0.15) is 4.31 Å². The minimum absolute atomic E-state index is 0.0716. The fourth-order valence-corrected chi connectivity index (χ4v) is 10.6. The van der Waals surface area contributed by atoms with E-state index in [0.717, 1.165) is 61.8 Å². The summed E-state index contributed by atoms with van der Waals surface area (Å²) in [5, 5.41) is 1.35. The molecule has 0 N–H and O–H groups in total. The lowest BCUT2D eigenvalue weighted by atomic mass is 9.85. The van der Waals surface area contributed by atoms with E-state index in [1.165, 1.54) is 21.5 Å². The van der Waals surface area contributed by atoms with E-state index in [2.05, 4.69) is 4.90 Å². The van der Waals surface area contributed by atoms with Crippen LogP contribution >= 0.6 is 22.9 Å². The topological polar surface area (TPSA) is 96.8 Å². The van der Waals surface area contributed by atoms with Gasteiger partial charge in [0.05, 0.1) is 17.9 Å². The molecule has 0 saturated carbocycles. The highest BCUT2D eigenvalue weighted by Crippen LogP contribution is 2.45. The van der Waals surface area contributed by atoms with Crippen molar-refractivity contribution in [2.24, 2.45) is 10.9 Å². The van der Waals surface area contributed by atoms with Crippen LogP contribution in [0.4, 0.5) is 4.79 Å². The number of carbonyl (C=O) groups is 2. The molecular formula is C27H33ClN6O4S2. The molecule has 1 spiro atoms. The number of benzene rings is 1. The number of amides is 3. The van der Waals surface area contributed by atoms with Crippen LogP contribution in [0.3, 0.4) is 0 Å². The first-order chi connectivity index (χ1) is 19.2. The van der Waals surface area contributed by atoms with Crippen LogP contribution in [0.25, 0.3) is 10.1 Å². The Kier molecular flexibility index (Phi) is 6.34. The monoisotopic (exact) mass is 604 g/mol. The van der Waals surface area contributed by atoms with E-state index in [4.69, 9.17) is 16.6 Å². The number of aliphatic imine (C=N–C) groups is 1. The molecule has 4 fully saturated rings. The van der Waals surface area contributed by atoms with Crippen LogP contribution in [0.2, 0.25) is 5.02 Å². The average Bonchev–Trinajstić information content (AvgIpc) is 3.48. The van der Waals surface area contributed by atoms with Crippen LogP contribution in [-0.2, 0) is 14.8 Å². The number of carbonyl (C=O) groups excluding carboxylic acids is 2. The molecule has 0 radical (unpaired) electrons. The Balaban J connectivity index is 1.18. The van der Waals surface area contributed by atoms with Crippen LogP contribution < -0.4 is 0 Å². The molecule has 0 aliphatic carbocycles. The molecule has 2 aromatic rings. The van der Waals surface area contributed by atoms with Crippen molar-refractivity contribution < 1.29 is 18.0 Å². The zero-order valence-electron chi connectivity index (χ0n) is 22.5. The van der Waals surface area contributed by atoms with Gasteiger partial charge in [0.1, 0.15) is 10.4 Å². The minimum atomic E-state index is -3.93. The second-order valence-corrected chi connectivity index (χ2v) is 15.4. The van der Waals surface area contributed by atoms with Crippen molar-refractivity contribution in [3.63, 3.8) is 0 Å². The van der Waals surface area contributed by atoms with Crippen molar-refractivity contribution in [2.45, 2.75) is 48.0 Å². The van der Waals surface area contributed by atoms with Crippen LogP contribution in [0, 0.1) is 5.92 Å². The van der Waals surface area contributed by atoms with Gasteiger partial charge in [0.15, 0.2) is 0 Å². The molecule has 5 aliphatic rings. The van der Waals surface area contributed by atoms with Gasteiger partial charge < -0.3 is 14.7 Å². The zero-order valence-corrected chi connectivity index (χ0v) is 24.8. The number of hydrogen-bond donors (Lipinski definition) is 0. The number of sulfonamides is 1. The maximum absolute atomic E-state index is 13.9. The SMILES string of the molecule is CN1CC2CN(S(=O)(=O)c3cc4ccc(Cl)cc4s3)CC(=O)N3CC4(CCN(C5=NCCCC5)CC4)N(C1=O)C23. The Morgan fingerprint density at radius 2 is 1.90 bits per heavy atom. The van der Waals surface area contributed by atoms with Gasteiger partial charge in [0.2, 0.25) is 5.91 Å². The molecule has 5 aliphatic heterocycles. The summed E-state index contributed by atoms with van der Waals surface area (Å²) in [6, 6.07) is 6.89. The molecule has 2 atom stereocenters. The summed E-state index contributed by atoms with van der Waals surface area (Å²) >= 11 is 7.30. The number of nitrogens with zero attached hydrogens (tertiary/aromatic N) is 6. The Morgan fingerprint density at radius 1 is 1.10 bits per heavy atom. The number of amidine groups is 1. The molecule has 7 rings (SSSR count). The smallest absolute Gasteiger partial charge is 0.321 e. The summed E-state index contributed by atoms with van der Waals surface area (Å²) in [5.74, 6) is 0.723. The third-order valence-corrected chi connectivity index (χ3v) is 12.9. The van der Waals surface area contributed by atoms with E-state index in [1.807, 2.05) is 15.9 Å². The van der Waals surface area contributed by atoms with Gasteiger partial charge in [0.25, 0.3) is 10.0 Å². The fourth-order valence-electron chi connectivity index (χ4n) is 7.29. The fraction of sp³-hybridized carbons (Fsp3) is 0.593. The van der Waals surface area contributed by atoms with E-state index in [-0.39, 0.29) is 35.2 Å². The molecule has 1 aromatic heterocycles. The zero-order chi connectivity index (χ0) is 27.8. The first-order valence-corrected chi connectivity index (χ1v) is 16.6. The van der Waals surface area contributed by atoms with E-state index in [0.29, 0.717) is 18.1 Å². The van der Waals surface area contributed by atoms with Crippen molar-refractivity contribution in [1.29, 1.82) is 0 Å². The third-order valence-electron chi connectivity index (χ3n) is 9.31. The van der Waals surface area contributed by atoms with Gasteiger partial charge in [-0.3, -0.25) is 14.7 Å². The number of thiophene rings is 1. The molecule has 4 saturated heterocycles. The lowest BCUT2D eigenvalue weighted by Crippen LogP contribution is -2.66. The summed E-state index contributed by atoms with van der Waals surface area (Å²) in [5.41, 5.74) is -0.443. The molecule has 0 bridgehead atoms. The molecule has 2 unspecified atom stereocenters. The highest BCUT2D eigenvalue weighted by Gasteiger charge is 2.61. The predicted octanol–water partition coefficient (Wildman–Crippen LogP) is 3.13. The van der Waals surface area contributed by atoms with Crippen molar-refractivity contribution in [1.82, 2.24) is 23.9 Å². The summed E-state index contributed by atoms with van der Waals surface area (Å²) in [6.45, 7) is 3.29. The molecule has 1 aromatic carbocycles. The largest absolute Gasteiger partial charge is 0.360 e. The Morgan fingerprint density at radius 3 is 2.65 bits per heavy atom. The molecule has 6 heterocycles. The second-order valence-electron chi connectivity index (χ2n) is 11.7. The van der Waals surface area contributed by atoms with Gasteiger partial charge in [-0.25, -0.2) is 13.2 Å². The van der Waals surface area contributed by atoms with Crippen molar-refractivity contribution >= 4 is 60.8 Å². The van der Waals surface area contributed by atoms with Gasteiger partial charge in [-0.15, -0.1) is 11.3 Å². The van der Waals surface area contributed by atoms with Gasteiger partial charge in [-0.1, -0.05) is 17.7 Å². The van der Waals surface area contributed by atoms with Gasteiger partial charge in [-0.05, 0) is 49.3 Å². The summed E-state index contributed by atoms with van der Waals surface area (Å²) < 4.78 is 30.0. The normalized spacial score (nSPS) is 27.4. The van der Waals surface area contributed by atoms with E-state index >= 15 is 0 Å². The van der Waals surface area contributed by atoms with Crippen LogP contribution in [0.5, 0.6) is 0 Å². The number of halogens is 1. The minimum Gasteiger partial charge on any atom is -0.360 e. The summed E-state index contributed by atoms with van der Waals surface area (Å²) in [7, 11) is -2.15. The molecule has 10 nitrogen and oxygen atoms in total. The molecular weight excluding hydrogens is 572 g/mol. The number of urea groups is 1. The maximum Gasteiger partial charge on any atom is 0.321 e. The van der Waals surface area contributed by atoms with Crippen LogP contribution in [-0.4, -0.2) is 115 Å². The highest BCUT2D eigenvalue weighted by atomic mass is 35.5. The van der Waals surface area contributed by atoms with Gasteiger partial charge >= 0.3 is 6.03 Å². The maximum atomic E-state index is 13.9. The second kappa shape index (κ2) is 9.57. The number of rotatable bonds is 2. The number of hydrogen-bond acceptors (Lipinski definition) is 7. The molecule has 214 valence electrons. The molecule has 13 heteroatoms. The average molecular weight is 605 g/mol. The standard InChI is InChI=1S/C27H33ClN6O4S2/c1-30-14-19-15-32(40(37,38)24-12-18-5-6-20(28)13-21(18)39-24)16-23(35)33-17-27(34(25(19)33)26(30)36)7-10-31(11-8-27)22-4-2-3-9-29-22/h5-6,12-13,19,25H,2-4,7-11,14-17H2,1H3. The number of fused-ring (bicyclic) bond motifs is 2. The van der Waals surface area contributed by atoms with Gasteiger partial charge in [0, 0.05) is 68.4 Å². The predicted molar refractivity (Wildman–Crippen MR) is 154 cm³/mol. The van der Waals surface area contributed by atoms with Crippen LogP contribution in [0.1, 0.15) is 32.1 Å². The van der Waals surface area contributed by atoms with E-state index < -0.39 is 21.7 Å². The number of likely N-dealkylation sites (tertiary alicyclic amines) is 1. The highest BCUT2D eigenvalue weighted by molar-refractivity contribution is 7.91. The quantitative estimate of drug-likeness (QED) is 0.525. The van der Waals surface area contributed by atoms with Crippen molar-refractivity contribution in [3.05, 3.63) is 29.3 Å². The summed E-state index contributed by atoms with van der Waals surface area (Å²) in [6.07, 6.45) is 4.41. The first-order valence-electron chi connectivity index (χ1n) is 14.0. The van der Waals surface area contributed by atoms with E-state index in [1.54, 1.807) is 30.1 Å². The summed E-state index contributed by atoms with van der Waals surface area (Å²) in [4.78, 5) is 40.0. The van der Waals surface area contributed by atoms with Crippen molar-refractivity contribution in [2.75, 3.05) is 52.9 Å². The molecule has 40 heavy (non-hydrogen) atoms. The lowest BCUT2D eigenvalue weighted by Gasteiger charge is -2.50. The van der Waals surface area contributed by atoms with Crippen molar-refractivity contribution in [3.8, 4) is 0 Å². The Labute approximate surface area is 243 Å². The first kappa shape index (κ1) is 26.5. The third kappa shape index (κ3) is 4.13. The lowest BCUT2D eigenvalue weighted by molar-refractivity contribution is -0.133. The molecule has 3 amide bonds. The number of piperidine rings is 1.